The third-order valence-corrected chi connectivity index (χ3v) is 3.36. The smallest absolute Gasteiger partial charge is 0.216 e. The van der Waals surface area contributed by atoms with Crippen molar-refractivity contribution in [2.24, 2.45) is 0 Å². The highest BCUT2D eigenvalue weighted by atomic mass is 79.9. The summed E-state index contributed by atoms with van der Waals surface area (Å²) >= 11 is 6.60. The Hall–Kier alpha value is -1.27. The van der Waals surface area contributed by atoms with Crippen molar-refractivity contribution in [3.8, 4) is 0 Å². The maximum atomic E-state index is 12.3. The van der Waals surface area contributed by atoms with Crippen molar-refractivity contribution in [2.45, 2.75) is 6.92 Å². The molecule has 0 amide bonds. The normalized spacial score (nSPS) is 10.4. The Morgan fingerprint density at radius 2 is 1.94 bits per heavy atom. The first-order valence-electron chi connectivity index (χ1n) is 5.07. The van der Waals surface area contributed by atoms with Crippen LogP contribution in [-0.2, 0) is 0 Å². The molecule has 4 nitrogen and oxygen atoms in total. The van der Waals surface area contributed by atoms with Crippen LogP contribution in [0.4, 0.5) is 5.82 Å². The van der Waals surface area contributed by atoms with Gasteiger partial charge in [0.1, 0.15) is 11.5 Å². The van der Waals surface area contributed by atoms with Crippen LogP contribution in [0.1, 0.15) is 21.6 Å². The average molecular weight is 371 g/mol. The Morgan fingerprint density at radius 3 is 2.61 bits per heavy atom. The topological polar surface area (TPSA) is 68.9 Å². The Kier molecular flexibility index (Phi) is 3.77. The summed E-state index contributed by atoms with van der Waals surface area (Å²) in [4.78, 5) is 20.4. The first kappa shape index (κ1) is 13.2. The molecule has 18 heavy (non-hydrogen) atoms. The van der Waals surface area contributed by atoms with E-state index in [-0.39, 0.29) is 11.6 Å². The molecule has 6 heteroatoms. The molecule has 0 aliphatic rings. The van der Waals surface area contributed by atoms with E-state index in [9.17, 15) is 4.79 Å². The van der Waals surface area contributed by atoms with Crippen LogP contribution in [0.5, 0.6) is 0 Å². The minimum atomic E-state index is -0.247. The highest BCUT2D eigenvalue weighted by molar-refractivity contribution is 9.11. The van der Waals surface area contributed by atoms with Crippen molar-refractivity contribution in [3.05, 3.63) is 50.3 Å². The average Bonchev–Trinajstić information content (AvgIpc) is 2.31. The molecule has 0 radical (unpaired) electrons. The van der Waals surface area contributed by atoms with Gasteiger partial charge in [-0.3, -0.25) is 9.78 Å². The minimum Gasteiger partial charge on any atom is -0.383 e. The van der Waals surface area contributed by atoms with E-state index in [4.69, 9.17) is 5.73 Å². The summed E-state index contributed by atoms with van der Waals surface area (Å²) in [5.41, 5.74) is 7.28. The van der Waals surface area contributed by atoms with Crippen molar-refractivity contribution < 1.29 is 4.79 Å². The lowest BCUT2D eigenvalue weighted by atomic mass is 10.1. The van der Waals surface area contributed by atoms with Crippen molar-refractivity contribution in [3.63, 3.8) is 0 Å². The van der Waals surface area contributed by atoms with Gasteiger partial charge in [-0.1, -0.05) is 0 Å². The molecule has 2 aromatic rings. The number of nitrogens with two attached hydrogens (primary N) is 1. The lowest BCUT2D eigenvalue weighted by Crippen LogP contribution is -2.09. The lowest BCUT2D eigenvalue weighted by molar-refractivity contribution is 0.103. The largest absolute Gasteiger partial charge is 0.383 e. The van der Waals surface area contributed by atoms with Gasteiger partial charge in [0.15, 0.2) is 0 Å². The fourth-order valence-corrected chi connectivity index (χ4v) is 2.64. The Morgan fingerprint density at radius 1 is 1.22 bits per heavy atom. The van der Waals surface area contributed by atoms with Crippen LogP contribution in [0.2, 0.25) is 0 Å². The van der Waals surface area contributed by atoms with E-state index >= 15 is 0 Å². The predicted molar refractivity (Wildman–Crippen MR) is 76.5 cm³/mol. The van der Waals surface area contributed by atoms with Crippen LogP contribution < -0.4 is 5.73 Å². The zero-order valence-electron chi connectivity index (χ0n) is 9.45. The summed E-state index contributed by atoms with van der Waals surface area (Å²) in [6, 6.07) is 3.47. The number of pyridine rings is 2. The predicted octanol–water partition coefficient (Wildman–Crippen LogP) is 3.12. The van der Waals surface area contributed by atoms with Gasteiger partial charge in [-0.2, -0.15) is 0 Å². The molecule has 2 heterocycles. The first-order valence-corrected chi connectivity index (χ1v) is 6.65. The van der Waals surface area contributed by atoms with E-state index in [1.807, 2.05) is 6.92 Å². The second-order valence-electron chi connectivity index (χ2n) is 3.76. The fourth-order valence-electron chi connectivity index (χ4n) is 1.47. The number of carbonyl (C=O) groups excluding carboxylic acids is 1. The molecular formula is C12H9Br2N3O. The zero-order chi connectivity index (χ0) is 13.3. The summed E-state index contributed by atoms with van der Waals surface area (Å²) in [5.74, 6) is -0.0368. The minimum absolute atomic E-state index is 0.210. The Labute approximate surface area is 121 Å². The number of carbonyl (C=O) groups is 1. The van der Waals surface area contributed by atoms with Gasteiger partial charge in [0.05, 0.1) is 5.56 Å². The number of rotatable bonds is 2. The Bertz CT molecular complexity index is 629. The molecule has 2 N–H and O–H groups in total. The van der Waals surface area contributed by atoms with Crippen LogP contribution in [-0.4, -0.2) is 15.8 Å². The van der Waals surface area contributed by atoms with Gasteiger partial charge in [0, 0.05) is 21.3 Å². The number of aromatic nitrogens is 2. The van der Waals surface area contributed by atoms with Gasteiger partial charge in [-0.15, -0.1) is 0 Å². The second-order valence-corrected chi connectivity index (χ2v) is 5.53. The molecule has 0 fully saturated rings. The SMILES string of the molecule is Cc1cnc(N)c(C(=O)c2ncc(Br)cc2Br)c1. The van der Waals surface area contributed by atoms with E-state index in [0.717, 1.165) is 10.0 Å². The van der Waals surface area contributed by atoms with Crippen LogP contribution in [0, 0.1) is 6.92 Å². The summed E-state index contributed by atoms with van der Waals surface area (Å²) in [5, 5.41) is 0. The quantitative estimate of drug-likeness (QED) is 0.824. The number of aryl methyl sites for hydroxylation is 1. The molecular weight excluding hydrogens is 362 g/mol. The van der Waals surface area contributed by atoms with E-state index < -0.39 is 0 Å². The molecule has 92 valence electrons. The third kappa shape index (κ3) is 2.59. The lowest BCUT2D eigenvalue weighted by Gasteiger charge is -2.06. The number of hydrogen-bond donors (Lipinski definition) is 1. The third-order valence-electron chi connectivity index (χ3n) is 2.32. The van der Waals surface area contributed by atoms with E-state index in [2.05, 4.69) is 41.8 Å². The molecule has 0 saturated heterocycles. The van der Waals surface area contributed by atoms with Gasteiger partial charge in [0.25, 0.3) is 0 Å². The molecule has 0 aromatic carbocycles. The number of nitrogen functional groups attached to an aromatic ring is 1. The molecule has 0 unspecified atom stereocenters. The summed E-state index contributed by atoms with van der Waals surface area (Å²) < 4.78 is 1.41. The van der Waals surface area contributed by atoms with Gasteiger partial charge >= 0.3 is 0 Å². The zero-order valence-corrected chi connectivity index (χ0v) is 12.6. The van der Waals surface area contributed by atoms with E-state index in [1.54, 1.807) is 24.5 Å². The molecule has 0 atom stereocenters. The van der Waals surface area contributed by atoms with Gasteiger partial charge in [-0.25, -0.2) is 4.98 Å². The van der Waals surface area contributed by atoms with E-state index in [0.29, 0.717) is 15.7 Å². The standard InChI is InChI=1S/C12H9Br2N3O/c1-6-2-8(12(15)17-4-6)11(18)10-9(14)3-7(13)5-16-10/h2-5H,1H3,(H2,15,17). The number of ketones is 1. The summed E-state index contributed by atoms with van der Waals surface area (Å²) in [6.45, 7) is 1.85. The number of nitrogens with zero attached hydrogens (tertiary/aromatic N) is 2. The molecule has 2 aromatic heterocycles. The van der Waals surface area contributed by atoms with Gasteiger partial charge < -0.3 is 5.73 Å². The maximum Gasteiger partial charge on any atom is 0.216 e. The van der Waals surface area contributed by atoms with Crippen molar-refractivity contribution >= 4 is 43.5 Å². The van der Waals surface area contributed by atoms with Crippen molar-refractivity contribution in [1.29, 1.82) is 0 Å². The summed E-state index contributed by atoms with van der Waals surface area (Å²) in [6.07, 6.45) is 3.19. The van der Waals surface area contributed by atoms with Crippen LogP contribution in [0.25, 0.3) is 0 Å². The first-order chi connectivity index (χ1) is 8.49. The monoisotopic (exact) mass is 369 g/mol. The van der Waals surface area contributed by atoms with Gasteiger partial charge in [-0.05, 0) is 56.5 Å². The number of anilines is 1. The fraction of sp³-hybridized carbons (Fsp3) is 0.0833. The molecule has 0 aliphatic heterocycles. The Balaban J connectivity index is 2.51. The maximum absolute atomic E-state index is 12.3. The van der Waals surface area contributed by atoms with Crippen molar-refractivity contribution in [1.82, 2.24) is 9.97 Å². The molecule has 2 rings (SSSR count). The van der Waals surface area contributed by atoms with Gasteiger partial charge in [0.2, 0.25) is 5.78 Å². The number of hydrogen-bond acceptors (Lipinski definition) is 4. The molecule has 0 bridgehead atoms. The molecule has 0 spiro atoms. The van der Waals surface area contributed by atoms with Crippen LogP contribution in [0.15, 0.2) is 33.5 Å². The van der Waals surface area contributed by atoms with Crippen LogP contribution >= 0.6 is 31.9 Å². The van der Waals surface area contributed by atoms with Crippen molar-refractivity contribution in [2.75, 3.05) is 5.73 Å². The van der Waals surface area contributed by atoms with Crippen LogP contribution in [0.3, 0.4) is 0 Å². The van der Waals surface area contributed by atoms with E-state index in [1.165, 1.54) is 0 Å². The second kappa shape index (κ2) is 5.16. The number of halogens is 2. The summed E-state index contributed by atoms with van der Waals surface area (Å²) in [7, 11) is 0. The highest BCUT2D eigenvalue weighted by Crippen LogP contribution is 2.23. The molecule has 0 saturated carbocycles. The highest BCUT2D eigenvalue weighted by Gasteiger charge is 2.17. The molecule has 0 aliphatic carbocycles.